The molecule has 7 nitrogen and oxygen atoms in total. The van der Waals surface area contributed by atoms with Gasteiger partial charge in [0.25, 0.3) is 5.56 Å². The number of hydrogen-bond acceptors (Lipinski definition) is 5. The molecule has 0 aliphatic rings. The molecule has 3 aromatic rings. The highest BCUT2D eigenvalue weighted by molar-refractivity contribution is 5.77. The van der Waals surface area contributed by atoms with Crippen LogP contribution in [0.1, 0.15) is 19.9 Å². The van der Waals surface area contributed by atoms with Crippen LogP contribution in [-0.2, 0) is 9.53 Å². The predicted octanol–water partition coefficient (Wildman–Crippen LogP) is 1.85. The molecule has 2 aromatic heterocycles. The fourth-order valence-electron chi connectivity index (χ4n) is 2.35. The lowest BCUT2D eigenvalue weighted by atomic mass is 10.3. The van der Waals surface area contributed by atoms with Gasteiger partial charge >= 0.3 is 5.97 Å². The lowest BCUT2D eigenvalue weighted by molar-refractivity contribution is -0.146. The summed E-state index contributed by atoms with van der Waals surface area (Å²) in [5.74, 6) is -0.875. The second-order valence-electron chi connectivity index (χ2n) is 5.16. The lowest BCUT2D eigenvalue weighted by Gasteiger charge is -2.13. The van der Waals surface area contributed by atoms with Gasteiger partial charge in [-0.1, -0.05) is 0 Å². The SMILES string of the molecule is CCOC(=O)[C@H](C)n1cnc2c(cnn2-c2ccc(F)cc2)c1=O. The molecule has 8 heteroatoms. The Labute approximate surface area is 136 Å². The standard InChI is InChI=1S/C16H15FN4O3/c1-3-24-16(23)10(2)20-9-18-14-13(15(20)22)8-19-21(14)12-6-4-11(17)5-7-12/h4-10H,3H2,1-2H3/t10-/m0/s1. The largest absolute Gasteiger partial charge is 0.464 e. The molecule has 0 spiro atoms. The van der Waals surface area contributed by atoms with Gasteiger partial charge in [0.15, 0.2) is 5.65 Å². The normalized spacial score (nSPS) is 12.3. The molecular weight excluding hydrogens is 315 g/mol. The summed E-state index contributed by atoms with van der Waals surface area (Å²) in [5.41, 5.74) is 0.516. The van der Waals surface area contributed by atoms with Gasteiger partial charge in [0, 0.05) is 0 Å². The van der Waals surface area contributed by atoms with Crippen molar-refractivity contribution in [3.05, 3.63) is 53.0 Å². The van der Waals surface area contributed by atoms with Gasteiger partial charge in [-0.2, -0.15) is 5.10 Å². The van der Waals surface area contributed by atoms with Crippen LogP contribution < -0.4 is 5.56 Å². The number of carbonyl (C=O) groups is 1. The molecule has 0 aliphatic carbocycles. The van der Waals surface area contributed by atoms with Gasteiger partial charge in [-0.15, -0.1) is 0 Å². The van der Waals surface area contributed by atoms with Crippen LogP contribution in [0.3, 0.4) is 0 Å². The van der Waals surface area contributed by atoms with Crippen LogP contribution in [0.15, 0.2) is 41.6 Å². The first-order valence-electron chi connectivity index (χ1n) is 7.40. The van der Waals surface area contributed by atoms with E-state index in [0.29, 0.717) is 11.3 Å². The first-order chi connectivity index (χ1) is 11.5. The number of rotatable bonds is 4. The van der Waals surface area contributed by atoms with Crippen LogP contribution in [0.5, 0.6) is 0 Å². The highest BCUT2D eigenvalue weighted by Gasteiger charge is 2.20. The monoisotopic (exact) mass is 330 g/mol. The maximum Gasteiger partial charge on any atom is 0.328 e. The van der Waals surface area contributed by atoms with Crippen LogP contribution in [0.2, 0.25) is 0 Å². The molecule has 24 heavy (non-hydrogen) atoms. The van der Waals surface area contributed by atoms with E-state index in [1.807, 2.05) is 0 Å². The number of halogens is 1. The third-order valence-corrected chi connectivity index (χ3v) is 3.63. The molecule has 0 unspecified atom stereocenters. The number of benzene rings is 1. The molecule has 3 rings (SSSR count). The van der Waals surface area contributed by atoms with Crippen LogP contribution in [0.25, 0.3) is 16.7 Å². The second kappa shape index (κ2) is 6.23. The Bertz CT molecular complexity index is 946. The van der Waals surface area contributed by atoms with Crippen molar-refractivity contribution in [1.82, 2.24) is 19.3 Å². The number of carbonyl (C=O) groups excluding carboxylic acids is 1. The highest BCUT2D eigenvalue weighted by Crippen LogP contribution is 2.15. The number of fused-ring (bicyclic) bond motifs is 1. The molecule has 124 valence electrons. The van der Waals surface area contributed by atoms with Gasteiger partial charge in [0.05, 0.1) is 18.5 Å². The molecule has 1 atom stereocenters. The average molecular weight is 330 g/mol. The summed E-state index contributed by atoms with van der Waals surface area (Å²) in [6.45, 7) is 3.50. The van der Waals surface area contributed by atoms with E-state index in [-0.39, 0.29) is 17.8 Å². The molecule has 0 radical (unpaired) electrons. The maximum atomic E-state index is 13.0. The van der Waals surface area contributed by atoms with Crippen molar-refractivity contribution in [1.29, 1.82) is 0 Å². The van der Waals surface area contributed by atoms with E-state index in [0.717, 1.165) is 0 Å². The minimum Gasteiger partial charge on any atom is -0.464 e. The summed E-state index contributed by atoms with van der Waals surface area (Å²) in [5, 5.41) is 4.40. The summed E-state index contributed by atoms with van der Waals surface area (Å²) < 4.78 is 20.6. The fourth-order valence-corrected chi connectivity index (χ4v) is 2.35. The van der Waals surface area contributed by atoms with Crippen LogP contribution in [0, 0.1) is 5.82 Å². The zero-order valence-corrected chi connectivity index (χ0v) is 13.1. The quantitative estimate of drug-likeness (QED) is 0.682. The summed E-state index contributed by atoms with van der Waals surface area (Å²) in [4.78, 5) is 28.6. The molecule has 0 fully saturated rings. The number of ether oxygens (including phenoxy) is 1. The van der Waals surface area contributed by atoms with Crippen LogP contribution in [-0.4, -0.2) is 31.9 Å². The summed E-state index contributed by atoms with van der Waals surface area (Å²) >= 11 is 0. The highest BCUT2D eigenvalue weighted by atomic mass is 19.1. The van der Waals surface area contributed by atoms with Crippen LogP contribution >= 0.6 is 0 Å². The zero-order valence-electron chi connectivity index (χ0n) is 13.1. The average Bonchev–Trinajstić information content (AvgIpc) is 3.00. The van der Waals surface area contributed by atoms with Crippen molar-refractivity contribution in [2.45, 2.75) is 19.9 Å². The predicted molar refractivity (Wildman–Crippen MR) is 84.4 cm³/mol. The van der Waals surface area contributed by atoms with Crippen molar-refractivity contribution in [2.75, 3.05) is 6.61 Å². The van der Waals surface area contributed by atoms with Gasteiger partial charge in [0.1, 0.15) is 23.6 Å². The van der Waals surface area contributed by atoms with E-state index in [2.05, 4.69) is 10.1 Å². The summed E-state index contributed by atoms with van der Waals surface area (Å²) in [6.07, 6.45) is 2.66. The third-order valence-electron chi connectivity index (χ3n) is 3.63. The number of aromatic nitrogens is 4. The first kappa shape index (κ1) is 15.9. The Hall–Kier alpha value is -3.03. The molecule has 2 heterocycles. The van der Waals surface area contributed by atoms with E-state index in [9.17, 15) is 14.0 Å². The summed E-state index contributed by atoms with van der Waals surface area (Å²) in [6, 6.07) is 4.88. The Morgan fingerprint density at radius 2 is 2.04 bits per heavy atom. The van der Waals surface area contributed by atoms with Gasteiger partial charge in [-0.05, 0) is 38.1 Å². The van der Waals surface area contributed by atoms with E-state index < -0.39 is 17.6 Å². The minimum absolute atomic E-state index is 0.232. The number of hydrogen-bond donors (Lipinski definition) is 0. The number of esters is 1. The van der Waals surface area contributed by atoms with Crippen LogP contribution in [0.4, 0.5) is 4.39 Å². The summed E-state index contributed by atoms with van der Waals surface area (Å²) in [7, 11) is 0. The fraction of sp³-hybridized carbons (Fsp3) is 0.250. The molecule has 0 saturated heterocycles. The molecule has 0 saturated carbocycles. The van der Waals surface area contributed by atoms with Gasteiger partial charge in [-0.25, -0.2) is 18.9 Å². The second-order valence-corrected chi connectivity index (χ2v) is 5.16. The van der Waals surface area contributed by atoms with Crippen molar-refractivity contribution in [2.24, 2.45) is 0 Å². The smallest absolute Gasteiger partial charge is 0.328 e. The van der Waals surface area contributed by atoms with E-state index in [1.165, 1.54) is 46.0 Å². The molecule has 0 amide bonds. The minimum atomic E-state index is -0.788. The third kappa shape index (κ3) is 2.66. The van der Waals surface area contributed by atoms with Gasteiger partial charge < -0.3 is 4.74 Å². The Morgan fingerprint density at radius 3 is 2.71 bits per heavy atom. The van der Waals surface area contributed by atoms with Gasteiger partial charge in [-0.3, -0.25) is 9.36 Å². The zero-order chi connectivity index (χ0) is 17.3. The maximum absolute atomic E-state index is 13.0. The van der Waals surface area contributed by atoms with Crippen molar-refractivity contribution >= 4 is 17.0 Å². The van der Waals surface area contributed by atoms with E-state index in [1.54, 1.807) is 13.8 Å². The van der Waals surface area contributed by atoms with E-state index in [4.69, 9.17) is 4.74 Å². The van der Waals surface area contributed by atoms with Crippen molar-refractivity contribution in [3.63, 3.8) is 0 Å². The molecule has 1 aromatic carbocycles. The topological polar surface area (TPSA) is 79.0 Å². The van der Waals surface area contributed by atoms with Crippen molar-refractivity contribution in [3.8, 4) is 5.69 Å². The van der Waals surface area contributed by atoms with Gasteiger partial charge in [0.2, 0.25) is 0 Å². The van der Waals surface area contributed by atoms with E-state index >= 15 is 0 Å². The Kier molecular flexibility index (Phi) is 4.11. The lowest BCUT2D eigenvalue weighted by Crippen LogP contribution is -2.29. The molecule has 0 aliphatic heterocycles. The molecule has 0 bridgehead atoms. The Morgan fingerprint density at radius 1 is 1.33 bits per heavy atom. The van der Waals surface area contributed by atoms with Crippen molar-refractivity contribution < 1.29 is 13.9 Å². The molecule has 0 N–H and O–H groups in total. The molecular formula is C16H15FN4O3. The first-order valence-corrected chi connectivity index (χ1v) is 7.40. The Balaban J connectivity index is 2.07. The number of nitrogens with zero attached hydrogens (tertiary/aromatic N) is 4.